The van der Waals surface area contributed by atoms with Gasteiger partial charge in [0.05, 0.1) is 28.9 Å². The third kappa shape index (κ3) is 5.06. The summed E-state index contributed by atoms with van der Waals surface area (Å²) in [7, 11) is 3.27. The third-order valence-electron chi connectivity index (χ3n) is 5.29. The van der Waals surface area contributed by atoms with E-state index in [4.69, 9.17) is 9.47 Å². The van der Waals surface area contributed by atoms with E-state index in [1.54, 1.807) is 26.6 Å². The lowest BCUT2D eigenvalue weighted by molar-refractivity contribution is 0.0985. The molecule has 29 heavy (non-hydrogen) atoms. The summed E-state index contributed by atoms with van der Waals surface area (Å²) < 4.78 is 29.0. The van der Waals surface area contributed by atoms with Crippen LogP contribution in [0.2, 0.25) is 0 Å². The molecule has 0 saturated heterocycles. The maximum Gasteiger partial charge on any atom is 0.266 e. The van der Waals surface area contributed by atoms with Crippen molar-refractivity contribution in [3.8, 4) is 0 Å². The molecule has 0 radical (unpaired) electrons. The minimum atomic E-state index is -1.45. The smallest absolute Gasteiger partial charge is 0.266 e. The summed E-state index contributed by atoms with van der Waals surface area (Å²) >= 11 is -1.45. The monoisotopic (exact) mass is 422 g/mol. The Morgan fingerprint density at radius 1 is 1.28 bits per heavy atom. The summed E-state index contributed by atoms with van der Waals surface area (Å²) in [5, 5.41) is 8.27. The van der Waals surface area contributed by atoms with Gasteiger partial charge in [-0.05, 0) is 40.0 Å². The molecule has 1 aliphatic rings. The minimum absolute atomic E-state index is 0.0230. The van der Waals surface area contributed by atoms with Crippen molar-refractivity contribution in [3.05, 3.63) is 29.6 Å². The molecular weight excluding hydrogens is 392 g/mol. The van der Waals surface area contributed by atoms with Crippen LogP contribution in [-0.4, -0.2) is 55.4 Å². The molecule has 160 valence electrons. The average molecular weight is 423 g/mol. The molecule has 3 unspecified atom stereocenters. The van der Waals surface area contributed by atoms with Gasteiger partial charge in [0, 0.05) is 39.0 Å². The van der Waals surface area contributed by atoms with Crippen LogP contribution < -0.4 is 4.72 Å². The van der Waals surface area contributed by atoms with Gasteiger partial charge in [-0.25, -0.2) is 0 Å². The van der Waals surface area contributed by atoms with Crippen LogP contribution in [0.1, 0.15) is 56.4 Å². The van der Waals surface area contributed by atoms with Crippen molar-refractivity contribution in [1.82, 2.24) is 24.7 Å². The summed E-state index contributed by atoms with van der Waals surface area (Å²) in [4.78, 5) is 8.65. The summed E-state index contributed by atoms with van der Waals surface area (Å²) in [6.07, 6.45) is 6.63. The van der Waals surface area contributed by atoms with E-state index in [9.17, 15) is 4.55 Å². The normalized spacial score (nSPS) is 18.3. The molecule has 0 amide bonds. The lowest BCUT2D eigenvalue weighted by Gasteiger charge is -2.25. The zero-order valence-corrected chi connectivity index (χ0v) is 18.5. The van der Waals surface area contributed by atoms with E-state index in [2.05, 4.69) is 36.4 Å². The highest BCUT2D eigenvalue weighted by atomic mass is 32.2. The van der Waals surface area contributed by atoms with Gasteiger partial charge >= 0.3 is 0 Å². The van der Waals surface area contributed by atoms with Crippen molar-refractivity contribution in [3.63, 3.8) is 0 Å². The molecule has 0 bridgehead atoms. The van der Waals surface area contributed by atoms with Crippen LogP contribution in [0, 0.1) is 6.92 Å². The Labute approximate surface area is 174 Å². The highest BCUT2D eigenvalue weighted by Crippen LogP contribution is 2.45. The fraction of sp³-hybridized carbons (Fsp3) is 0.684. The Hall–Kier alpha value is -1.75. The van der Waals surface area contributed by atoms with Gasteiger partial charge in [-0.2, -0.15) is 4.72 Å². The molecule has 9 nitrogen and oxygen atoms in total. The quantitative estimate of drug-likeness (QED) is 0.434. The molecular formula is C19H30N6O3S. The van der Waals surface area contributed by atoms with Gasteiger partial charge in [0.1, 0.15) is 11.9 Å². The molecule has 1 aliphatic carbocycles. The van der Waals surface area contributed by atoms with Crippen LogP contribution in [0.4, 0.5) is 5.95 Å². The molecule has 2 aromatic rings. The maximum atomic E-state index is 13.1. The molecule has 3 atom stereocenters. The lowest BCUT2D eigenvalue weighted by atomic mass is 10.2. The van der Waals surface area contributed by atoms with E-state index < -0.39 is 17.5 Å². The van der Waals surface area contributed by atoms with Crippen LogP contribution in [-0.2, 0) is 32.8 Å². The van der Waals surface area contributed by atoms with Gasteiger partial charge in [-0.3, -0.25) is 14.5 Å². The SMILES string of the molecule is COCCCc1nnc(N[S+]([O-])C(C)C(OC)c2cnc(C)cn2)n1C1(C)CC1. The van der Waals surface area contributed by atoms with E-state index in [0.717, 1.165) is 37.2 Å². The Bertz CT molecular complexity index is 796. The second-order valence-corrected chi connectivity index (χ2v) is 9.25. The second kappa shape index (κ2) is 9.38. The van der Waals surface area contributed by atoms with Gasteiger partial charge in [0.2, 0.25) is 0 Å². The van der Waals surface area contributed by atoms with E-state index in [1.165, 1.54) is 0 Å². The van der Waals surface area contributed by atoms with Crippen molar-refractivity contribution in [1.29, 1.82) is 0 Å². The van der Waals surface area contributed by atoms with Gasteiger partial charge in [0.15, 0.2) is 5.25 Å². The number of aryl methyl sites for hydroxylation is 2. The van der Waals surface area contributed by atoms with Crippen LogP contribution in [0.3, 0.4) is 0 Å². The largest absolute Gasteiger partial charge is 0.593 e. The number of nitrogens with one attached hydrogen (secondary N) is 1. The van der Waals surface area contributed by atoms with Crippen molar-refractivity contribution >= 4 is 17.3 Å². The molecule has 10 heteroatoms. The number of anilines is 1. The Kier molecular flexibility index (Phi) is 7.10. The molecule has 3 rings (SSSR count). The molecule has 0 aliphatic heterocycles. The first-order chi connectivity index (χ1) is 13.9. The second-order valence-electron chi connectivity index (χ2n) is 7.71. The zero-order valence-electron chi connectivity index (χ0n) is 17.7. The Morgan fingerprint density at radius 3 is 2.62 bits per heavy atom. The molecule has 2 heterocycles. The number of methoxy groups -OCH3 is 2. The lowest BCUT2D eigenvalue weighted by Crippen LogP contribution is -2.34. The standard InChI is InChI=1S/C19H30N6O3S/c1-13-11-21-15(12-20-13)17(28-5)14(2)29(26)24-18-23-22-16(7-6-10-27-4)25(18)19(3)8-9-19/h11-12,14,17H,6-10H2,1-5H3,(H,23,24). The molecule has 0 spiro atoms. The van der Waals surface area contributed by atoms with E-state index in [1.807, 2.05) is 13.8 Å². The minimum Gasteiger partial charge on any atom is -0.593 e. The number of nitrogens with zero attached hydrogens (tertiary/aromatic N) is 5. The van der Waals surface area contributed by atoms with Crippen LogP contribution in [0.15, 0.2) is 12.4 Å². The number of hydrogen-bond acceptors (Lipinski definition) is 8. The van der Waals surface area contributed by atoms with Gasteiger partial charge in [-0.1, -0.05) is 0 Å². The number of ether oxygens (including phenoxy) is 2. The maximum absolute atomic E-state index is 13.1. The summed E-state index contributed by atoms with van der Waals surface area (Å²) in [5.41, 5.74) is 1.45. The van der Waals surface area contributed by atoms with Gasteiger partial charge in [-0.15, -0.1) is 10.2 Å². The fourth-order valence-electron chi connectivity index (χ4n) is 3.29. The molecule has 0 aromatic carbocycles. The number of aromatic nitrogens is 5. The van der Waals surface area contributed by atoms with Crippen LogP contribution in [0.5, 0.6) is 0 Å². The Balaban J connectivity index is 1.75. The first-order valence-electron chi connectivity index (χ1n) is 9.82. The van der Waals surface area contributed by atoms with Crippen LogP contribution >= 0.6 is 0 Å². The molecule has 1 saturated carbocycles. The predicted molar refractivity (Wildman–Crippen MR) is 111 cm³/mol. The van der Waals surface area contributed by atoms with Crippen LogP contribution in [0.25, 0.3) is 0 Å². The van der Waals surface area contributed by atoms with E-state index in [0.29, 0.717) is 18.2 Å². The fourth-order valence-corrected chi connectivity index (χ4v) is 4.26. The van der Waals surface area contributed by atoms with Crippen molar-refractivity contribution in [2.75, 3.05) is 25.5 Å². The third-order valence-corrected chi connectivity index (χ3v) is 6.60. The summed E-state index contributed by atoms with van der Waals surface area (Å²) in [6, 6.07) is 0. The van der Waals surface area contributed by atoms with Crippen molar-refractivity contribution < 1.29 is 14.0 Å². The van der Waals surface area contributed by atoms with E-state index >= 15 is 0 Å². The zero-order chi connectivity index (χ0) is 21.0. The highest BCUT2D eigenvalue weighted by Gasteiger charge is 2.44. The topological polar surface area (TPSA) is 110 Å². The first kappa shape index (κ1) is 21.9. The average Bonchev–Trinajstić information content (AvgIpc) is 3.31. The molecule has 1 fully saturated rings. The van der Waals surface area contributed by atoms with Crippen molar-refractivity contribution in [2.24, 2.45) is 0 Å². The number of hydrogen-bond donors (Lipinski definition) is 1. The number of rotatable bonds is 11. The van der Waals surface area contributed by atoms with Crippen molar-refractivity contribution in [2.45, 2.75) is 63.3 Å². The molecule has 2 aromatic heterocycles. The first-order valence-corrected chi connectivity index (χ1v) is 11.0. The Morgan fingerprint density at radius 2 is 2.03 bits per heavy atom. The summed E-state index contributed by atoms with van der Waals surface area (Å²) in [5.74, 6) is 1.43. The van der Waals surface area contributed by atoms with Gasteiger partial charge in [0.25, 0.3) is 5.95 Å². The van der Waals surface area contributed by atoms with Gasteiger partial charge < -0.3 is 14.0 Å². The highest BCUT2D eigenvalue weighted by molar-refractivity contribution is 7.93. The summed E-state index contributed by atoms with van der Waals surface area (Å²) in [6.45, 7) is 6.57. The predicted octanol–water partition coefficient (Wildman–Crippen LogP) is 2.32. The van der Waals surface area contributed by atoms with E-state index in [-0.39, 0.29) is 10.8 Å². The molecule has 1 N–H and O–H groups in total.